The third-order valence-corrected chi connectivity index (χ3v) is 5.81. The Hall–Kier alpha value is -2.46. The van der Waals surface area contributed by atoms with E-state index in [9.17, 15) is 9.59 Å². The molecule has 1 atom stereocenters. The number of carbonyl (C=O) groups excluding carboxylic acids is 2. The van der Waals surface area contributed by atoms with E-state index in [4.69, 9.17) is 4.74 Å². The molecule has 1 saturated heterocycles. The van der Waals surface area contributed by atoms with Gasteiger partial charge in [-0.25, -0.2) is 0 Å². The Morgan fingerprint density at radius 1 is 0.962 bits per heavy atom. The van der Waals surface area contributed by atoms with E-state index in [2.05, 4.69) is 5.32 Å². The van der Waals surface area contributed by atoms with Crippen LogP contribution in [0.3, 0.4) is 0 Å². The average molecular weight is 349 g/mol. The molecule has 1 N–H and O–H groups in total. The van der Waals surface area contributed by atoms with E-state index in [1.54, 1.807) is 7.11 Å². The predicted molar refractivity (Wildman–Crippen MR) is 99.8 cm³/mol. The van der Waals surface area contributed by atoms with Crippen LogP contribution in [0.1, 0.15) is 37.2 Å². The maximum absolute atomic E-state index is 13.2. The predicted octanol–water partition coefficient (Wildman–Crippen LogP) is 3.46. The maximum Gasteiger partial charge on any atom is 0.235 e. The summed E-state index contributed by atoms with van der Waals surface area (Å²) in [5, 5.41) is 3.03. The molecule has 1 unspecified atom stereocenters. The van der Waals surface area contributed by atoms with Crippen molar-refractivity contribution in [3.63, 3.8) is 0 Å². The molecule has 2 aliphatic rings. The highest BCUT2D eigenvalue weighted by Gasteiger charge is 2.54. The molecule has 2 aromatic carbocycles. The highest BCUT2D eigenvalue weighted by atomic mass is 16.5. The molecule has 4 heteroatoms. The second-order valence-corrected chi connectivity index (χ2v) is 7.30. The van der Waals surface area contributed by atoms with Crippen molar-refractivity contribution in [1.29, 1.82) is 0 Å². The van der Waals surface area contributed by atoms with Gasteiger partial charge in [-0.2, -0.15) is 0 Å². The minimum absolute atomic E-state index is 0.0160. The Kier molecular flexibility index (Phi) is 4.37. The topological polar surface area (TPSA) is 55.4 Å². The molecule has 4 nitrogen and oxygen atoms in total. The van der Waals surface area contributed by atoms with Gasteiger partial charge in [-0.1, -0.05) is 48.5 Å². The molecule has 4 rings (SSSR count). The lowest BCUT2D eigenvalue weighted by Gasteiger charge is -2.35. The molecule has 1 heterocycles. The first kappa shape index (κ1) is 17.0. The summed E-state index contributed by atoms with van der Waals surface area (Å²) in [7, 11) is 1.70. The quantitative estimate of drug-likeness (QED) is 0.864. The number of hydrogen-bond donors (Lipinski definition) is 1. The minimum Gasteiger partial charge on any atom is -0.381 e. The summed E-state index contributed by atoms with van der Waals surface area (Å²) in [5.74, 6) is -0.865. The fourth-order valence-electron chi connectivity index (χ4n) is 4.29. The van der Waals surface area contributed by atoms with Crippen molar-refractivity contribution in [3.05, 3.63) is 60.2 Å². The summed E-state index contributed by atoms with van der Waals surface area (Å²) in [5.41, 5.74) is 2.17. The summed E-state index contributed by atoms with van der Waals surface area (Å²) in [4.78, 5) is 25.9. The molecule has 1 spiro atoms. The Bertz CT molecular complexity index is 822. The highest BCUT2D eigenvalue weighted by molar-refractivity contribution is 6.17. The largest absolute Gasteiger partial charge is 0.381 e. The summed E-state index contributed by atoms with van der Waals surface area (Å²) in [6.07, 6.45) is 3.11. The van der Waals surface area contributed by atoms with Crippen LogP contribution in [-0.2, 0) is 14.3 Å². The van der Waals surface area contributed by atoms with E-state index in [1.165, 1.54) is 0 Å². The van der Waals surface area contributed by atoms with Crippen LogP contribution in [0.4, 0.5) is 0 Å². The van der Waals surface area contributed by atoms with E-state index in [1.807, 2.05) is 54.6 Å². The molecule has 2 aromatic rings. The smallest absolute Gasteiger partial charge is 0.235 e. The Balaban J connectivity index is 1.63. The molecule has 26 heavy (non-hydrogen) atoms. The van der Waals surface area contributed by atoms with Crippen LogP contribution in [0.15, 0.2) is 54.6 Å². The number of nitrogens with one attached hydrogen (secondary N) is 1. The van der Waals surface area contributed by atoms with Gasteiger partial charge in [0, 0.05) is 7.11 Å². The summed E-state index contributed by atoms with van der Waals surface area (Å²) < 4.78 is 5.41. The number of ketones is 1. The van der Waals surface area contributed by atoms with Crippen LogP contribution < -0.4 is 5.32 Å². The van der Waals surface area contributed by atoms with E-state index in [0.29, 0.717) is 12.8 Å². The van der Waals surface area contributed by atoms with Crippen LogP contribution in [0.2, 0.25) is 0 Å². The second-order valence-electron chi connectivity index (χ2n) is 7.30. The lowest BCUT2D eigenvalue weighted by molar-refractivity contribution is -0.126. The third kappa shape index (κ3) is 2.84. The van der Waals surface area contributed by atoms with Gasteiger partial charge in [0.1, 0.15) is 5.92 Å². The van der Waals surface area contributed by atoms with Gasteiger partial charge in [0.15, 0.2) is 5.78 Å². The van der Waals surface area contributed by atoms with Crippen molar-refractivity contribution in [2.75, 3.05) is 7.11 Å². The summed E-state index contributed by atoms with van der Waals surface area (Å²) >= 11 is 0. The minimum atomic E-state index is -0.710. The monoisotopic (exact) mass is 349 g/mol. The normalized spacial score (nSPS) is 28.3. The lowest BCUT2D eigenvalue weighted by atomic mass is 9.76. The number of methoxy groups -OCH3 is 1. The van der Waals surface area contributed by atoms with Gasteiger partial charge in [0.2, 0.25) is 5.91 Å². The fourth-order valence-corrected chi connectivity index (χ4v) is 4.29. The van der Waals surface area contributed by atoms with Gasteiger partial charge < -0.3 is 10.1 Å². The molecular formula is C22H23NO3. The first-order chi connectivity index (χ1) is 12.6. The van der Waals surface area contributed by atoms with Crippen molar-refractivity contribution in [1.82, 2.24) is 5.32 Å². The van der Waals surface area contributed by atoms with E-state index in [0.717, 1.165) is 29.5 Å². The zero-order chi connectivity index (χ0) is 18.1. The molecular weight excluding hydrogens is 326 g/mol. The SMILES string of the molecule is COC1CCC2(CC1)NC(=O)C(c1cccc(-c3ccccc3)c1)C2=O. The van der Waals surface area contributed by atoms with Gasteiger partial charge in [0.05, 0.1) is 11.6 Å². The van der Waals surface area contributed by atoms with Crippen molar-refractivity contribution in [2.45, 2.75) is 43.2 Å². The molecule has 1 aliphatic carbocycles. The standard InChI is InChI=1S/C22H23NO3/c1-26-18-10-12-22(13-11-18)20(24)19(21(25)23-22)17-9-5-8-16(14-17)15-6-3-2-4-7-15/h2-9,14,18-19H,10-13H2,1H3,(H,23,25). The van der Waals surface area contributed by atoms with Gasteiger partial charge in [-0.05, 0) is 48.4 Å². The Morgan fingerprint density at radius 2 is 1.65 bits per heavy atom. The van der Waals surface area contributed by atoms with Crippen LogP contribution in [0.25, 0.3) is 11.1 Å². The third-order valence-electron chi connectivity index (χ3n) is 5.81. The first-order valence-corrected chi connectivity index (χ1v) is 9.17. The van der Waals surface area contributed by atoms with Crippen LogP contribution in [0, 0.1) is 0 Å². The molecule has 134 valence electrons. The molecule has 1 amide bonds. The highest BCUT2D eigenvalue weighted by Crippen LogP contribution is 2.40. The number of rotatable bonds is 3. The summed E-state index contributed by atoms with van der Waals surface area (Å²) in [6, 6.07) is 17.8. The van der Waals surface area contributed by atoms with E-state index < -0.39 is 11.5 Å². The van der Waals surface area contributed by atoms with Gasteiger partial charge in [-0.15, -0.1) is 0 Å². The summed E-state index contributed by atoms with van der Waals surface area (Å²) in [6.45, 7) is 0. The number of amides is 1. The van der Waals surface area contributed by atoms with Gasteiger partial charge in [0.25, 0.3) is 0 Å². The molecule has 1 saturated carbocycles. The van der Waals surface area contributed by atoms with Crippen LogP contribution >= 0.6 is 0 Å². The molecule has 2 fully saturated rings. The van der Waals surface area contributed by atoms with Crippen molar-refractivity contribution < 1.29 is 14.3 Å². The Labute approximate surface area is 153 Å². The second kappa shape index (κ2) is 6.69. The zero-order valence-electron chi connectivity index (χ0n) is 14.9. The molecule has 0 bridgehead atoms. The van der Waals surface area contributed by atoms with Crippen LogP contribution in [0.5, 0.6) is 0 Å². The van der Waals surface area contributed by atoms with Crippen molar-refractivity contribution in [3.8, 4) is 11.1 Å². The maximum atomic E-state index is 13.2. The average Bonchev–Trinajstić information content (AvgIpc) is 2.93. The lowest BCUT2D eigenvalue weighted by Crippen LogP contribution is -2.50. The van der Waals surface area contributed by atoms with Crippen LogP contribution in [-0.4, -0.2) is 30.4 Å². The zero-order valence-corrected chi connectivity index (χ0v) is 14.9. The number of Topliss-reactive ketones (excluding diaryl/α,β-unsaturated/α-hetero) is 1. The number of ether oxygens (including phenoxy) is 1. The number of carbonyl (C=O) groups is 2. The number of hydrogen-bond acceptors (Lipinski definition) is 3. The first-order valence-electron chi connectivity index (χ1n) is 9.17. The van der Waals surface area contributed by atoms with Crippen molar-refractivity contribution >= 4 is 11.7 Å². The van der Waals surface area contributed by atoms with Crippen molar-refractivity contribution in [2.24, 2.45) is 0 Å². The van der Waals surface area contributed by atoms with E-state index >= 15 is 0 Å². The molecule has 0 aromatic heterocycles. The molecule has 1 aliphatic heterocycles. The van der Waals surface area contributed by atoms with Gasteiger partial charge >= 0.3 is 0 Å². The fraction of sp³-hybridized carbons (Fsp3) is 0.364. The molecule has 0 radical (unpaired) electrons. The van der Waals surface area contributed by atoms with Gasteiger partial charge in [-0.3, -0.25) is 9.59 Å². The number of benzene rings is 2. The van der Waals surface area contributed by atoms with E-state index in [-0.39, 0.29) is 17.8 Å². The Morgan fingerprint density at radius 3 is 2.35 bits per heavy atom.